The van der Waals surface area contributed by atoms with Crippen molar-refractivity contribution in [1.29, 1.82) is 0 Å². The highest BCUT2D eigenvalue weighted by molar-refractivity contribution is 7.86. The molecule has 0 radical (unpaired) electrons. The second-order valence-electron chi connectivity index (χ2n) is 6.44. The van der Waals surface area contributed by atoms with Gasteiger partial charge in [-0.2, -0.15) is 17.0 Å². The molecule has 0 spiro atoms. The Bertz CT molecular complexity index is 838. The van der Waals surface area contributed by atoms with Crippen molar-refractivity contribution in [2.75, 3.05) is 27.2 Å². The van der Waals surface area contributed by atoms with Crippen LogP contribution < -0.4 is 0 Å². The highest BCUT2D eigenvalue weighted by Crippen LogP contribution is 2.29. The van der Waals surface area contributed by atoms with E-state index in [0.29, 0.717) is 13.1 Å². The Balaban J connectivity index is 1.84. The molecule has 134 valence electrons. The molecule has 0 unspecified atom stereocenters. The number of nitrogens with zero attached hydrogens (tertiary/aromatic N) is 3. The van der Waals surface area contributed by atoms with Gasteiger partial charge in [0.2, 0.25) is 0 Å². The second kappa shape index (κ2) is 7.19. The molecular formula is C18H22FN3O2S. The molecule has 0 saturated carbocycles. The minimum atomic E-state index is -3.41. The summed E-state index contributed by atoms with van der Waals surface area (Å²) in [4.78, 5) is 4.70. The van der Waals surface area contributed by atoms with Crippen LogP contribution in [0.4, 0.5) is 4.39 Å². The third kappa shape index (κ3) is 3.89. The number of piperidine rings is 1. The fourth-order valence-corrected chi connectivity index (χ4v) is 4.27. The van der Waals surface area contributed by atoms with Crippen LogP contribution >= 0.6 is 0 Å². The Morgan fingerprint density at radius 3 is 2.56 bits per heavy atom. The van der Waals surface area contributed by atoms with Crippen molar-refractivity contribution in [3.05, 3.63) is 54.0 Å². The Kier molecular flexibility index (Phi) is 5.17. The molecule has 0 bridgehead atoms. The summed E-state index contributed by atoms with van der Waals surface area (Å²) in [6.07, 6.45) is 1.71. The molecule has 2 heterocycles. The quantitative estimate of drug-likeness (QED) is 0.839. The zero-order valence-corrected chi connectivity index (χ0v) is 15.2. The molecule has 3 rings (SSSR count). The lowest BCUT2D eigenvalue weighted by Gasteiger charge is -2.33. The van der Waals surface area contributed by atoms with Crippen LogP contribution in [-0.2, 0) is 10.2 Å². The standard InChI is InChI=1S/C18H22FN3O2S/c1-21(2)25(23,24)22-12-4-5-15(13-22)18-7-3-6-17(20-18)14-8-10-16(19)11-9-14/h3,6-11,15H,4-5,12-13H2,1-2H3/t15-/m1/s1. The van der Waals surface area contributed by atoms with E-state index in [2.05, 4.69) is 0 Å². The SMILES string of the molecule is CN(C)S(=O)(=O)N1CCC[C@@H](c2cccc(-c3ccc(F)cc3)n2)C1. The fraction of sp³-hybridized carbons (Fsp3) is 0.389. The third-order valence-electron chi connectivity index (χ3n) is 4.50. The lowest BCUT2D eigenvalue weighted by atomic mass is 9.95. The molecular weight excluding hydrogens is 341 g/mol. The van der Waals surface area contributed by atoms with E-state index in [9.17, 15) is 12.8 Å². The van der Waals surface area contributed by atoms with Gasteiger partial charge in [0, 0.05) is 44.4 Å². The zero-order valence-electron chi connectivity index (χ0n) is 14.4. The molecule has 0 amide bonds. The van der Waals surface area contributed by atoms with E-state index in [1.807, 2.05) is 18.2 Å². The molecule has 1 atom stereocenters. The molecule has 25 heavy (non-hydrogen) atoms. The number of benzene rings is 1. The van der Waals surface area contributed by atoms with Crippen LogP contribution in [0.5, 0.6) is 0 Å². The number of rotatable bonds is 4. The molecule has 1 aromatic carbocycles. The first-order chi connectivity index (χ1) is 11.9. The summed E-state index contributed by atoms with van der Waals surface area (Å²) in [5.74, 6) is -0.222. The Hall–Kier alpha value is -1.83. The average Bonchev–Trinajstić information content (AvgIpc) is 2.62. The van der Waals surface area contributed by atoms with Crippen LogP contribution in [0, 0.1) is 5.82 Å². The van der Waals surface area contributed by atoms with Gasteiger partial charge in [-0.1, -0.05) is 6.07 Å². The van der Waals surface area contributed by atoms with Gasteiger partial charge in [0.15, 0.2) is 0 Å². The Labute approximate surface area is 148 Å². The van der Waals surface area contributed by atoms with Crippen molar-refractivity contribution < 1.29 is 12.8 Å². The number of hydrogen-bond donors (Lipinski definition) is 0. The average molecular weight is 363 g/mol. The van der Waals surface area contributed by atoms with E-state index >= 15 is 0 Å². The van der Waals surface area contributed by atoms with Crippen molar-refractivity contribution in [2.45, 2.75) is 18.8 Å². The minimum absolute atomic E-state index is 0.0591. The van der Waals surface area contributed by atoms with Crippen molar-refractivity contribution in [3.63, 3.8) is 0 Å². The Morgan fingerprint density at radius 2 is 1.88 bits per heavy atom. The molecule has 7 heteroatoms. The summed E-state index contributed by atoms with van der Waals surface area (Å²) in [6.45, 7) is 0.967. The van der Waals surface area contributed by atoms with Gasteiger partial charge >= 0.3 is 0 Å². The number of halogens is 1. The summed E-state index contributed by atoms with van der Waals surface area (Å²) >= 11 is 0. The molecule has 1 aliphatic heterocycles. The highest BCUT2D eigenvalue weighted by atomic mass is 32.2. The summed E-state index contributed by atoms with van der Waals surface area (Å²) in [7, 11) is -0.315. The monoisotopic (exact) mass is 363 g/mol. The zero-order chi connectivity index (χ0) is 18.0. The van der Waals surface area contributed by atoms with Crippen LogP contribution in [0.3, 0.4) is 0 Å². The first-order valence-electron chi connectivity index (χ1n) is 8.28. The summed E-state index contributed by atoms with van der Waals surface area (Å²) in [5, 5.41) is 0. The van der Waals surface area contributed by atoms with Crippen molar-refractivity contribution in [1.82, 2.24) is 13.6 Å². The van der Waals surface area contributed by atoms with Crippen LogP contribution in [0.25, 0.3) is 11.3 Å². The molecule has 2 aromatic rings. The number of hydrogen-bond acceptors (Lipinski definition) is 3. The van der Waals surface area contributed by atoms with E-state index in [1.165, 1.54) is 20.7 Å². The van der Waals surface area contributed by atoms with Crippen LogP contribution in [0.1, 0.15) is 24.5 Å². The van der Waals surface area contributed by atoms with E-state index in [-0.39, 0.29) is 11.7 Å². The maximum atomic E-state index is 13.1. The van der Waals surface area contributed by atoms with Gasteiger partial charge in [0.05, 0.1) is 5.69 Å². The first kappa shape index (κ1) is 18.0. The van der Waals surface area contributed by atoms with Crippen molar-refractivity contribution >= 4 is 10.2 Å². The number of aromatic nitrogens is 1. The predicted molar refractivity (Wildman–Crippen MR) is 95.8 cm³/mol. The Morgan fingerprint density at radius 1 is 1.16 bits per heavy atom. The predicted octanol–water partition coefficient (Wildman–Crippen LogP) is 2.87. The summed E-state index contributed by atoms with van der Waals surface area (Å²) < 4.78 is 40.6. The van der Waals surface area contributed by atoms with Gasteiger partial charge in [-0.15, -0.1) is 0 Å². The maximum Gasteiger partial charge on any atom is 0.281 e. The molecule has 1 saturated heterocycles. The van der Waals surface area contributed by atoms with Crippen LogP contribution in [-0.4, -0.2) is 49.2 Å². The van der Waals surface area contributed by atoms with E-state index in [0.717, 1.165) is 29.8 Å². The van der Waals surface area contributed by atoms with Gasteiger partial charge in [-0.25, -0.2) is 4.39 Å². The minimum Gasteiger partial charge on any atom is -0.252 e. The van der Waals surface area contributed by atoms with E-state index < -0.39 is 10.2 Å². The van der Waals surface area contributed by atoms with E-state index in [4.69, 9.17) is 4.98 Å². The highest BCUT2D eigenvalue weighted by Gasteiger charge is 2.31. The van der Waals surface area contributed by atoms with Gasteiger partial charge in [0.25, 0.3) is 10.2 Å². The normalized spacial score (nSPS) is 19.3. The van der Waals surface area contributed by atoms with Crippen LogP contribution in [0.15, 0.2) is 42.5 Å². The summed E-state index contributed by atoms with van der Waals surface area (Å²) in [5.41, 5.74) is 2.49. The lowest BCUT2D eigenvalue weighted by molar-refractivity contribution is 0.296. The van der Waals surface area contributed by atoms with Gasteiger partial charge in [-0.3, -0.25) is 4.98 Å². The smallest absolute Gasteiger partial charge is 0.252 e. The van der Waals surface area contributed by atoms with Crippen molar-refractivity contribution in [2.24, 2.45) is 0 Å². The molecule has 0 aliphatic carbocycles. The molecule has 1 fully saturated rings. The molecule has 0 N–H and O–H groups in total. The largest absolute Gasteiger partial charge is 0.281 e. The van der Waals surface area contributed by atoms with E-state index in [1.54, 1.807) is 26.2 Å². The summed E-state index contributed by atoms with van der Waals surface area (Å²) in [6, 6.07) is 12.0. The fourth-order valence-electron chi connectivity index (χ4n) is 3.08. The molecule has 1 aliphatic rings. The van der Waals surface area contributed by atoms with Crippen LogP contribution in [0.2, 0.25) is 0 Å². The maximum absolute atomic E-state index is 13.1. The number of pyridine rings is 1. The lowest BCUT2D eigenvalue weighted by Crippen LogP contribution is -2.45. The topological polar surface area (TPSA) is 53.5 Å². The first-order valence-corrected chi connectivity index (χ1v) is 9.68. The third-order valence-corrected chi connectivity index (χ3v) is 6.41. The van der Waals surface area contributed by atoms with Crippen molar-refractivity contribution in [3.8, 4) is 11.3 Å². The van der Waals surface area contributed by atoms with Gasteiger partial charge < -0.3 is 0 Å². The van der Waals surface area contributed by atoms with Gasteiger partial charge in [-0.05, 0) is 49.2 Å². The molecule has 5 nitrogen and oxygen atoms in total. The second-order valence-corrected chi connectivity index (χ2v) is 8.58. The molecule has 1 aromatic heterocycles. The van der Waals surface area contributed by atoms with Gasteiger partial charge in [0.1, 0.15) is 5.82 Å².